The average Bonchev–Trinajstić information content (AvgIpc) is 2.28. The lowest BCUT2D eigenvalue weighted by Crippen LogP contribution is -2.33. The lowest BCUT2D eigenvalue weighted by atomic mass is 10.3. The molecule has 0 spiro atoms. The van der Waals surface area contributed by atoms with Crippen molar-refractivity contribution in [3.05, 3.63) is 24.3 Å². The Kier molecular flexibility index (Phi) is 2.97. The Morgan fingerprint density at radius 2 is 2.06 bits per heavy atom. The van der Waals surface area contributed by atoms with Crippen LogP contribution in [0.4, 0.5) is 5.69 Å². The maximum atomic E-state index is 12.1. The first-order chi connectivity index (χ1) is 8.01. The van der Waals surface area contributed by atoms with E-state index < -0.39 is 10.0 Å². The number of hydrogen-bond donors (Lipinski definition) is 0. The van der Waals surface area contributed by atoms with Gasteiger partial charge in [0.25, 0.3) is 10.0 Å². The normalized spacial score (nSPS) is 16.6. The Morgan fingerprint density at radius 3 is 2.76 bits per heavy atom. The van der Waals surface area contributed by atoms with Crippen LogP contribution in [0.1, 0.15) is 13.3 Å². The molecule has 0 N–H and O–H groups in total. The SMILES string of the molecule is CC(=O)CCN1C=Nc2ccccc2S1(=O)=O. The smallest absolute Gasteiger partial charge is 0.267 e. The van der Waals surface area contributed by atoms with Gasteiger partial charge in [0.15, 0.2) is 0 Å². The van der Waals surface area contributed by atoms with E-state index >= 15 is 0 Å². The fourth-order valence-corrected chi connectivity index (χ4v) is 2.93. The number of nitrogens with zero attached hydrogens (tertiary/aromatic N) is 2. The topological polar surface area (TPSA) is 66.8 Å². The molecule has 0 aliphatic carbocycles. The van der Waals surface area contributed by atoms with Gasteiger partial charge in [-0.05, 0) is 19.1 Å². The fourth-order valence-electron chi connectivity index (χ4n) is 1.54. The van der Waals surface area contributed by atoms with E-state index in [0.29, 0.717) is 5.69 Å². The minimum absolute atomic E-state index is 0.0486. The molecule has 1 aromatic carbocycles. The molecule has 0 radical (unpaired) electrons. The summed E-state index contributed by atoms with van der Waals surface area (Å²) in [6, 6.07) is 6.55. The van der Waals surface area contributed by atoms with Crippen molar-refractivity contribution in [3.63, 3.8) is 0 Å². The van der Waals surface area contributed by atoms with Gasteiger partial charge < -0.3 is 0 Å². The van der Waals surface area contributed by atoms with E-state index in [1.807, 2.05) is 0 Å². The van der Waals surface area contributed by atoms with E-state index in [1.54, 1.807) is 18.2 Å². The second kappa shape index (κ2) is 4.29. The van der Waals surface area contributed by atoms with Gasteiger partial charge in [-0.1, -0.05) is 12.1 Å². The molecule has 1 aliphatic heterocycles. The molecule has 1 heterocycles. The number of carbonyl (C=O) groups excluding carboxylic acids is 1. The van der Waals surface area contributed by atoms with E-state index in [-0.39, 0.29) is 23.6 Å². The first-order valence-corrected chi connectivity index (χ1v) is 6.60. The molecule has 0 unspecified atom stereocenters. The number of sulfonamides is 1. The molecule has 0 fully saturated rings. The van der Waals surface area contributed by atoms with Crippen LogP contribution in [0.15, 0.2) is 34.2 Å². The molecule has 0 saturated heterocycles. The first-order valence-electron chi connectivity index (χ1n) is 5.16. The van der Waals surface area contributed by atoms with Crippen LogP contribution in [-0.4, -0.2) is 31.4 Å². The van der Waals surface area contributed by atoms with Gasteiger partial charge in [0, 0.05) is 13.0 Å². The van der Waals surface area contributed by atoms with Gasteiger partial charge in [0.1, 0.15) is 17.0 Å². The van der Waals surface area contributed by atoms with Gasteiger partial charge >= 0.3 is 0 Å². The van der Waals surface area contributed by atoms with Crippen molar-refractivity contribution in [1.82, 2.24) is 4.31 Å². The summed E-state index contributed by atoms with van der Waals surface area (Å²) in [5.41, 5.74) is 0.437. The Balaban J connectivity index is 2.34. The summed E-state index contributed by atoms with van der Waals surface area (Å²) >= 11 is 0. The standard InChI is InChI=1S/C11H12N2O3S/c1-9(14)6-7-13-8-12-10-4-2-3-5-11(10)17(13,15)16/h2-5,8H,6-7H2,1H3. The van der Waals surface area contributed by atoms with Gasteiger partial charge in [-0.15, -0.1) is 0 Å². The number of benzene rings is 1. The number of carbonyl (C=O) groups is 1. The summed E-state index contributed by atoms with van der Waals surface area (Å²) in [4.78, 5) is 15.1. The zero-order chi connectivity index (χ0) is 12.5. The third kappa shape index (κ3) is 2.21. The molecule has 1 aromatic rings. The molecule has 6 heteroatoms. The Labute approximate surface area is 99.8 Å². The minimum atomic E-state index is -3.55. The zero-order valence-electron chi connectivity index (χ0n) is 9.33. The van der Waals surface area contributed by atoms with Gasteiger partial charge in [0.2, 0.25) is 0 Å². The minimum Gasteiger partial charge on any atom is -0.300 e. The summed E-state index contributed by atoms with van der Waals surface area (Å²) in [5, 5.41) is 0. The number of para-hydroxylation sites is 1. The highest BCUT2D eigenvalue weighted by Gasteiger charge is 2.27. The van der Waals surface area contributed by atoms with E-state index in [1.165, 1.54) is 19.3 Å². The molecule has 0 amide bonds. The Bertz CT molecular complexity index is 578. The third-order valence-corrected chi connectivity index (χ3v) is 4.26. The van der Waals surface area contributed by atoms with Crippen molar-refractivity contribution in [3.8, 4) is 0 Å². The largest absolute Gasteiger partial charge is 0.300 e. The highest BCUT2D eigenvalue weighted by Crippen LogP contribution is 2.29. The van der Waals surface area contributed by atoms with E-state index in [9.17, 15) is 13.2 Å². The van der Waals surface area contributed by atoms with E-state index in [0.717, 1.165) is 4.31 Å². The number of ketones is 1. The second-order valence-electron chi connectivity index (χ2n) is 3.78. The molecular weight excluding hydrogens is 240 g/mol. The van der Waals surface area contributed by atoms with Crippen LogP contribution < -0.4 is 0 Å². The zero-order valence-corrected chi connectivity index (χ0v) is 10.1. The lowest BCUT2D eigenvalue weighted by molar-refractivity contribution is -0.117. The summed E-state index contributed by atoms with van der Waals surface area (Å²) < 4.78 is 25.4. The highest BCUT2D eigenvalue weighted by molar-refractivity contribution is 7.89. The van der Waals surface area contributed by atoms with Gasteiger partial charge in [0.05, 0.1) is 5.69 Å². The maximum Gasteiger partial charge on any atom is 0.267 e. The molecule has 1 aliphatic rings. The molecule has 0 saturated carbocycles. The molecule has 0 aromatic heterocycles. The van der Waals surface area contributed by atoms with E-state index in [4.69, 9.17) is 0 Å². The van der Waals surface area contributed by atoms with Gasteiger partial charge in [-0.25, -0.2) is 13.4 Å². The average molecular weight is 252 g/mol. The van der Waals surface area contributed by atoms with Crippen LogP contribution in [0.5, 0.6) is 0 Å². The van der Waals surface area contributed by atoms with Crippen molar-refractivity contribution in [1.29, 1.82) is 0 Å². The second-order valence-corrected chi connectivity index (χ2v) is 5.64. The number of rotatable bonds is 3. The van der Waals surface area contributed by atoms with Crippen LogP contribution in [0.25, 0.3) is 0 Å². The predicted molar refractivity (Wildman–Crippen MR) is 63.8 cm³/mol. The predicted octanol–water partition coefficient (Wildman–Crippen LogP) is 1.33. The van der Waals surface area contributed by atoms with Crippen molar-refractivity contribution in [2.75, 3.05) is 6.54 Å². The molecule has 17 heavy (non-hydrogen) atoms. The molecule has 90 valence electrons. The highest BCUT2D eigenvalue weighted by atomic mass is 32.2. The molecule has 2 rings (SSSR count). The number of hydrogen-bond acceptors (Lipinski definition) is 4. The van der Waals surface area contributed by atoms with E-state index in [2.05, 4.69) is 4.99 Å². The monoisotopic (exact) mass is 252 g/mol. The number of fused-ring (bicyclic) bond motifs is 1. The summed E-state index contributed by atoms with van der Waals surface area (Å²) in [6.07, 6.45) is 1.45. The van der Waals surface area contributed by atoms with Crippen LogP contribution in [0.2, 0.25) is 0 Å². The van der Waals surface area contributed by atoms with Crippen LogP contribution in [0, 0.1) is 0 Å². The summed E-state index contributed by atoms with van der Waals surface area (Å²) in [6.45, 7) is 1.57. The Hall–Kier alpha value is -1.69. The third-order valence-electron chi connectivity index (χ3n) is 2.46. The molecular formula is C11H12N2O3S. The fraction of sp³-hybridized carbons (Fsp3) is 0.273. The Morgan fingerprint density at radius 1 is 1.35 bits per heavy atom. The lowest BCUT2D eigenvalue weighted by Gasteiger charge is -2.23. The molecule has 0 bridgehead atoms. The van der Waals surface area contributed by atoms with Crippen molar-refractivity contribution in [2.24, 2.45) is 4.99 Å². The van der Waals surface area contributed by atoms with Crippen LogP contribution in [0.3, 0.4) is 0 Å². The summed E-state index contributed by atoms with van der Waals surface area (Å²) in [5.74, 6) is -0.0486. The number of aliphatic imine (C=N–C) groups is 1. The van der Waals surface area contributed by atoms with Crippen LogP contribution >= 0.6 is 0 Å². The van der Waals surface area contributed by atoms with Crippen molar-refractivity contribution >= 4 is 27.8 Å². The molecule has 0 atom stereocenters. The van der Waals surface area contributed by atoms with Gasteiger partial charge in [-0.2, -0.15) is 0 Å². The number of Topliss-reactive ketones (excluding diaryl/α,β-unsaturated/α-hetero) is 1. The van der Waals surface area contributed by atoms with Crippen LogP contribution in [-0.2, 0) is 14.8 Å². The molecule has 5 nitrogen and oxygen atoms in total. The van der Waals surface area contributed by atoms with Crippen molar-refractivity contribution < 1.29 is 13.2 Å². The quantitative estimate of drug-likeness (QED) is 0.815. The summed E-state index contributed by atoms with van der Waals surface area (Å²) in [7, 11) is -3.55. The van der Waals surface area contributed by atoms with Crippen molar-refractivity contribution in [2.45, 2.75) is 18.2 Å². The van der Waals surface area contributed by atoms with Gasteiger partial charge in [-0.3, -0.25) is 9.10 Å². The first kappa shape index (κ1) is 11.8. The maximum absolute atomic E-state index is 12.1.